The molecule has 124 valence electrons. The van der Waals surface area contributed by atoms with Crippen LogP contribution in [0.2, 0.25) is 0 Å². The highest BCUT2D eigenvalue weighted by molar-refractivity contribution is 5.91. The summed E-state index contributed by atoms with van der Waals surface area (Å²) in [5.74, 6) is -1.37. The molecule has 1 aliphatic rings. The summed E-state index contributed by atoms with van der Waals surface area (Å²) in [6, 6.07) is 6.80. The van der Waals surface area contributed by atoms with E-state index in [4.69, 9.17) is 4.74 Å². The lowest BCUT2D eigenvalue weighted by Crippen LogP contribution is -2.52. The summed E-state index contributed by atoms with van der Waals surface area (Å²) in [6.45, 7) is 5.56. The number of nitrogens with one attached hydrogen (secondary N) is 1. The number of benzene rings is 1. The van der Waals surface area contributed by atoms with Crippen LogP contribution < -0.4 is 5.32 Å². The van der Waals surface area contributed by atoms with Crippen molar-refractivity contribution in [3.05, 3.63) is 48.0 Å². The lowest BCUT2D eigenvalue weighted by molar-refractivity contribution is -0.144. The minimum absolute atomic E-state index is 0.0786. The number of carbonyl (C=O) groups is 2. The van der Waals surface area contributed by atoms with Crippen molar-refractivity contribution in [2.24, 2.45) is 0 Å². The van der Waals surface area contributed by atoms with E-state index in [9.17, 15) is 14.7 Å². The molecule has 0 spiro atoms. The van der Waals surface area contributed by atoms with Gasteiger partial charge in [-0.15, -0.1) is 6.58 Å². The molecule has 23 heavy (non-hydrogen) atoms. The Labute approximate surface area is 136 Å². The average Bonchev–Trinajstić information content (AvgIpc) is 2.54. The van der Waals surface area contributed by atoms with Gasteiger partial charge in [-0.25, -0.2) is 4.79 Å². The number of carboxylic acid groups (broad SMARTS) is 1. The summed E-state index contributed by atoms with van der Waals surface area (Å²) >= 11 is 0. The first-order chi connectivity index (χ1) is 11.0. The van der Waals surface area contributed by atoms with Crippen LogP contribution in [0.4, 0.5) is 0 Å². The first-order valence-electron chi connectivity index (χ1n) is 7.80. The molecule has 2 atom stereocenters. The Morgan fingerprint density at radius 2 is 2.22 bits per heavy atom. The van der Waals surface area contributed by atoms with Crippen molar-refractivity contribution in [3.8, 4) is 0 Å². The third-order valence-corrected chi connectivity index (χ3v) is 4.36. The molecule has 2 rings (SSSR count). The van der Waals surface area contributed by atoms with Gasteiger partial charge < -0.3 is 15.2 Å². The minimum Gasteiger partial charge on any atom is -0.480 e. The number of hydrogen-bond acceptors (Lipinski definition) is 3. The summed E-state index contributed by atoms with van der Waals surface area (Å²) in [5.41, 5.74) is 1.44. The van der Waals surface area contributed by atoms with Crippen LogP contribution in [0.5, 0.6) is 0 Å². The number of aliphatic carboxylic acids is 1. The Morgan fingerprint density at radius 1 is 1.48 bits per heavy atom. The van der Waals surface area contributed by atoms with E-state index in [1.165, 1.54) is 0 Å². The number of carbonyl (C=O) groups excluding carboxylic acids is 1. The van der Waals surface area contributed by atoms with Gasteiger partial charge in [-0.1, -0.05) is 30.3 Å². The van der Waals surface area contributed by atoms with E-state index in [2.05, 4.69) is 11.9 Å². The summed E-state index contributed by atoms with van der Waals surface area (Å²) in [7, 11) is 0. The maximum Gasteiger partial charge on any atom is 0.328 e. The van der Waals surface area contributed by atoms with Crippen LogP contribution in [0.25, 0.3) is 0 Å². The molecule has 1 amide bonds. The van der Waals surface area contributed by atoms with Gasteiger partial charge in [0.25, 0.3) is 0 Å². The second kappa shape index (κ2) is 7.42. The smallest absolute Gasteiger partial charge is 0.328 e. The van der Waals surface area contributed by atoms with E-state index in [1.807, 2.05) is 31.2 Å². The number of fused-ring (bicyclic) bond motifs is 1. The van der Waals surface area contributed by atoms with Crippen molar-refractivity contribution >= 4 is 11.9 Å². The SMILES string of the molecule is C=CCOCC(NC(=O)C1(C)CCCc2ccccc21)C(=O)O. The third kappa shape index (κ3) is 3.79. The Morgan fingerprint density at radius 3 is 2.91 bits per heavy atom. The van der Waals surface area contributed by atoms with Crippen LogP contribution in [0, 0.1) is 0 Å². The standard InChI is InChI=1S/C18H23NO4/c1-3-11-23-12-15(16(20)21)19-17(22)18(2)10-6-8-13-7-4-5-9-14(13)18/h3-5,7,9,15H,1,6,8,10-12H2,2H3,(H,19,22)(H,20,21). The normalized spacial score (nSPS) is 21.1. The number of carboxylic acids is 1. The van der Waals surface area contributed by atoms with E-state index in [1.54, 1.807) is 6.08 Å². The van der Waals surface area contributed by atoms with Gasteiger partial charge in [-0.2, -0.15) is 0 Å². The zero-order valence-corrected chi connectivity index (χ0v) is 13.4. The van der Waals surface area contributed by atoms with Gasteiger partial charge in [-0.3, -0.25) is 4.79 Å². The summed E-state index contributed by atoms with van der Waals surface area (Å²) in [6.07, 6.45) is 4.10. The number of rotatable bonds is 7. The first-order valence-corrected chi connectivity index (χ1v) is 7.80. The Hall–Kier alpha value is -2.14. The lowest BCUT2D eigenvalue weighted by Gasteiger charge is -2.35. The Balaban J connectivity index is 2.15. The fourth-order valence-corrected chi connectivity index (χ4v) is 3.04. The minimum atomic E-state index is -1.10. The van der Waals surface area contributed by atoms with Crippen molar-refractivity contribution in [1.82, 2.24) is 5.32 Å². The van der Waals surface area contributed by atoms with Crippen molar-refractivity contribution < 1.29 is 19.4 Å². The molecule has 1 aromatic rings. The molecule has 1 aromatic carbocycles. The molecule has 5 heteroatoms. The molecule has 0 saturated heterocycles. The maximum atomic E-state index is 12.8. The van der Waals surface area contributed by atoms with E-state index < -0.39 is 17.4 Å². The van der Waals surface area contributed by atoms with Crippen LogP contribution >= 0.6 is 0 Å². The number of hydrogen-bond donors (Lipinski definition) is 2. The molecule has 0 fully saturated rings. The van der Waals surface area contributed by atoms with E-state index >= 15 is 0 Å². The molecule has 0 aliphatic heterocycles. The van der Waals surface area contributed by atoms with E-state index in [0.29, 0.717) is 6.42 Å². The van der Waals surface area contributed by atoms with Crippen molar-refractivity contribution in [2.45, 2.75) is 37.6 Å². The summed E-state index contributed by atoms with van der Waals surface area (Å²) < 4.78 is 5.18. The second-order valence-corrected chi connectivity index (χ2v) is 6.03. The van der Waals surface area contributed by atoms with E-state index in [0.717, 1.165) is 24.0 Å². The number of ether oxygens (including phenoxy) is 1. The maximum absolute atomic E-state index is 12.8. The van der Waals surface area contributed by atoms with Crippen molar-refractivity contribution in [2.75, 3.05) is 13.2 Å². The zero-order valence-electron chi connectivity index (χ0n) is 13.4. The van der Waals surface area contributed by atoms with Crippen molar-refractivity contribution in [3.63, 3.8) is 0 Å². The summed E-state index contributed by atoms with van der Waals surface area (Å²) in [5, 5.41) is 11.9. The highest BCUT2D eigenvalue weighted by Crippen LogP contribution is 2.37. The average molecular weight is 317 g/mol. The highest BCUT2D eigenvalue weighted by atomic mass is 16.5. The molecular formula is C18H23NO4. The second-order valence-electron chi connectivity index (χ2n) is 6.03. The monoisotopic (exact) mass is 317 g/mol. The number of amides is 1. The predicted octanol–water partition coefficient (Wildman–Crippen LogP) is 2.05. The fourth-order valence-electron chi connectivity index (χ4n) is 3.04. The molecule has 5 nitrogen and oxygen atoms in total. The van der Waals surface area contributed by atoms with Gasteiger partial charge in [0, 0.05) is 0 Å². The summed E-state index contributed by atoms with van der Waals surface area (Å²) in [4.78, 5) is 24.1. The predicted molar refractivity (Wildman–Crippen MR) is 87.3 cm³/mol. The number of aryl methyl sites for hydroxylation is 1. The van der Waals surface area contributed by atoms with E-state index in [-0.39, 0.29) is 19.1 Å². The lowest BCUT2D eigenvalue weighted by atomic mass is 9.70. The third-order valence-electron chi connectivity index (χ3n) is 4.36. The molecule has 0 heterocycles. The van der Waals surface area contributed by atoms with Gasteiger partial charge >= 0.3 is 5.97 Å². The molecule has 0 bridgehead atoms. The Bertz CT molecular complexity index is 598. The molecule has 1 aliphatic carbocycles. The van der Waals surface area contributed by atoms with Crippen LogP contribution in [0.1, 0.15) is 30.9 Å². The molecule has 0 radical (unpaired) electrons. The molecule has 0 aromatic heterocycles. The van der Waals surface area contributed by atoms with Gasteiger partial charge in [-0.05, 0) is 37.3 Å². The first kappa shape index (κ1) is 17.2. The van der Waals surface area contributed by atoms with Crippen LogP contribution in [0.3, 0.4) is 0 Å². The van der Waals surface area contributed by atoms with Crippen LogP contribution in [-0.4, -0.2) is 36.2 Å². The van der Waals surface area contributed by atoms with Gasteiger partial charge in [0.05, 0.1) is 18.6 Å². The molecular weight excluding hydrogens is 294 g/mol. The van der Waals surface area contributed by atoms with Crippen LogP contribution in [0.15, 0.2) is 36.9 Å². The zero-order chi connectivity index (χ0) is 16.9. The van der Waals surface area contributed by atoms with Crippen LogP contribution in [-0.2, 0) is 26.2 Å². The van der Waals surface area contributed by atoms with Crippen molar-refractivity contribution in [1.29, 1.82) is 0 Å². The quantitative estimate of drug-likeness (QED) is 0.596. The highest BCUT2D eigenvalue weighted by Gasteiger charge is 2.40. The molecule has 2 unspecified atom stereocenters. The van der Waals surface area contributed by atoms with Gasteiger partial charge in [0.2, 0.25) is 5.91 Å². The van der Waals surface area contributed by atoms with Gasteiger partial charge in [0.1, 0.15) is 0 Å². The Kier molecular flexibility index (Phi) is 5.55. The van der Waals surface area contributed by atoms with Gasteiger partial charge in [0.15, 0.2) is 6.04 Å². The fraction of sp³-hybridized carbons (Fsp3) is 0.444. The largest absolute Gasteiger partial charge is 0.480 e. The molecule has 2 N–H and O–H groups in total. The molecule has 0 saturated carbocycles. The topological polar surface area (TPSA) is 75.6 Å².